The van der Waals surface area contributed by atoms with Crippen molar-refractivity contribution in [3.05, 3.63) is 65.7 Å². The van der Waals surface area contributed by atoms with Crippen LogP contribution in [-0.2, 0) is 16.0 Å². The molecule has 0 aromatic heterocycles. The quantitative estimate of drug-likeness (QED) is 0.580. The van der Waals surface area contributed by atoms with Crippen molar-refractivity contribution in [3.8, 4) is 11.5 Å². The summed E-state index contributed by atoms with van der Waals surface area (Å²) in [7, 11) is 3.15. The second-order valence-electron chi connectivity index (χ2n) is 4.85. The Labute approximate surface area is 136 Å². The van der Waals surface area contributed by atoms with Crippen LogP contribution in [0.3, 0.4) is 0 Å². The Morgan fingerprint density at radius 2 is 1.74 bits per heavy atom. The number of hydrogen-bond donors (Lipinski definition) is 0. The van der Waals surface area contributed by atoms with Gasteiger partial charge in [-0.2, -0.15) is 0 Å². The molecule has 0 spiro atoms. The van der Waals surface area contributed by atoms with Crippen LogP contribution in [0.2, 0.25) is 0 Å². The maximum absolute atomic E-state index is 11.7. The van der Waals surface area contributed by atoms with Crippen molar-refractivity contribution in [3.63, 3.8) is 0 Å². The van der Waals surface area contributed by atoms with Gasteiger partial charge in [-0.25, -0.2) is 4.79 Å². The minimum absolute atomic E-state index is 0.360. The highest BCUT2D eigenvalue weighted by molar-refractivity contribution is 5.87. The van der Waals surface area contributed by atoms with Crippen LogP contribution in [-0.4, -0.2) is 26.8 Å². The predicted molar refractivity (Wildman–Crippen MR) is 89.7 cm³/mol. The SMILES string of the molecule is COc1ccc(/C=C\C(=O)OCCc2ccccc2)cc1OC. The third kappa shape index (κ3) is 5.18. The van der Waals surface area contributed by atoms with E-state index in [0.717, 1.165) is 11.1 Å². The Morgan fingerprint density at radius 3 is 2.43 bits per heavy atom. The number of carbonyl (C=O) groups excluding carboxylic acids is 1. The molecule has 0 amide bonds. The third-order valence-corrected chi connectivity index (χ3v) is 3.30. The highest BCUT2D eigenvalue weighted by atomic mass is 16.5. The predicted octanol–water partition coefficient (Wildman–Crippen LogP) is 3.50. The molecule has 0 heterocycles. The van der Waals surface area contributed by atoms with Gasteiger partial charge in [-0.15, -0.1) is 0 Å². The average molecular weight is 312 g/mol. The highest BCUT2D eigenvalue weighted by Gasteiger charge is 2.03. The fourth-order valence-corrected chi connectivity index (χ4v) is 2.08. The molecule has 0 radical (unpaired) electrons. The van der Waals surface area contributed by atoms with E-state index in [1.54, 1.807) is 32.4 Å². The molecule has 0 saturated heterocycles. The maximum Gasteiger partial charge on any atom is 0.330 e. The number of ether oxygens (including phenoxy) is 3. The van der Waals surface area contributed by atoms with E-state index in [2.05, 4.69) is 0 Å². The lowest BCUT2D eigenvalue weighted by Crippen LogP contribution is -2.04. The number of esters is 1. The number of rotatable bonds is 7. The Hall–Kier alpha value is -2.75. The number of carbonyl (C=O) groups is 1. The second-order valence-corrected chi connectivity index (χ2v) is 4.85. The van der Waals surface area contributed by atoms with Gasteiger partial charge in [0.25, 0.3) is 0 Å². The molecule has 0 aliphatic carbocycles. The second kappa shape index (κ2) is 8.63. The smallest absolute Gasteiger partial charge is 0.330 e. The summed E-state index contributed by atoms with van der Waals surface area (Å²) in [5.74, 6) is 0.901. The lowest BCUT2D eigenvalue weighted by atomic mass is 10.2. The molecular formula is C19H20O4. The van der Waals surface area contributed by atoms with Crippen molar-refractivity contribution >= 4 is 12.0 Å². The maximum atomic E-state index is 11.7. The first kappa shape index (κ1) is 16.6. The molecule has 4 nitrogen and oxygen atoms in total. The van der Waals surface area contributed by atoms with Gasteiger partial charge in [-0.3, -0.25) is 0 Å². The summed E-state index contributed by atoms with van der Waals surface area (Å²) < 4.78 is 15.6. The first-order chi connectivity index (χ1) is 11.2. The minimum atomic E-state index is -0.365. The third-order valence-electron chi connectivity index (χ3n) is 3.30. The molecule has 0 atom stereocenters. The van der Waals surface area contributed by atoms with Gasteiger partial charge in [0.05, 0.1) is 20.8 Å². The van der Waals surface area contributed by atoms with Crippen LogP contribution in [0.5, 0.6) is 11.5 Å². The van der Waals surface area contributed by atoms with Gasteiger partial charge in [0.1, 0.15) is 0 Å². The Kier molecular flexibility index (Phi) is 6.24. The molecule has 2 rings (SSSR count). The molecule has 0 saturated carbocycles. The van der Waals surface area contributed by atoms with Gasteiger partial charge in [-0.1, -0.05) is 36.4 Å². The average Bonchev–Trinajstić information content (AvgIpc) is 2.60. The van der Waals surface area contributed by atoms with Gasteiger partial charge in [0, 0.05) is 12.5 Å². The molecule has 0 aliphatic rings. The van der Waals surface area contributed by atoms with Crippen molar-refractivity contribution in [2.75, 3.05) is 20.8 Å². The van der Waals surface area contributed by atoms with Gasteiger partial charge in [-0.05, 0) is 29.3 Å². The molecule has 2 aromatic carbocycles. The molecule has 23 heavy (non-hydrogen) atoms. The normalized spacial score (nSPS) is 10.5. The van der Waals surface area contributed by atoms with E-state index in [4.69, 9.17) is 14.2 Å². The van der Waals surface area contributed by atoms with E-state index in [0.29, 0.717) is 24.5 Å². The van der Waals surface area contributed by atoms with E-state index >= 15 is 0 Å². The van der Waals surface area contributed by atoms with Crippen molar-refractivity contribution in [2.45, 2.75) is 6.42 Å². The summed E-state index contributed by atoms with van der Waals surface area (Å²) in [5.41, 5.74) is 1.98. The van der Waals surface area contributed by atoms with E-state index < -0.39 is 0 Å². The number of methoxy groups -OCH3 is 2. The zero-order chi connectivity index (χ0) is 16.5. The van der Waals surface area contributed by atoms with Crippen LogP contribution in [0, 0.1) is 0 Å². The van der Waals surface area contributed by atoms with Gasteiger partial charge < -0.3 is 14.2 Å². The van der Waals surface area contributed by atoms with Crippen LogP contribution in [0.1, 0.15) is 11.1 Å². The monoisotopic (exact) mass is 312 g/mol. The molecule has 4 heteroatoms. The molecule has 0 unspecified atom stereocenters. The Bertz CT molecular complexity index is 662. The summed E-state index contributed by atoms with van der Waals surface area (Å²) in [4.78, 5) is 11.7. The summed E-state index contributed by atoms with van der Waals surface area (Å²) in [6.07, 6.45) is 3.80. The van der Waals surface area contributed by atoms with Gasteiger partial charge in [0.2, 0.25) is 0 Å². The first-order valence-corrected chi connectivity index (χ1v) is 7.33. The Morgan fingerprint density at radius 1 is 1.00 bits per heavy atom. The van der Waals surface area contributed by atoms with E-state index in [9.17, 15) is 4.79 Å². The molecule has 0 bridgehead atoms. The van der Waals surface area contributed by atoms with E-state index in [1.165, 1.54) is 6.08 Å². The fourth-order valence-electron chi connectivity index (χ4n) is 2.08. The summed E-state index contributed by atoms with van der Waals surface area (Å²) >= 11 is 0. The summed E-state index contributed by atoms with van der Waals surface area (Å²) in [6.45, 7) is 0.360. The van der Waals surface area contributed by atoms with Gasteiger partial charge >= 0.3 is 5.97 Å². The van der Waals surface area contributed by atoms with Crippen LogP contribution in [0.25, 0.3) is 6.08 Å². The zero-order valence-electron chi connectivity index (χ0n) is 13.3. The molecular weight excluding hydrogens is 292 g/mol. The molecule has 0 fully saturated rings. The lowest BCUT2D eigenvalue weighted by Gasteiger charge is -2.07. The van der Waals surface area contributed by atoms with Crippen LogP contribution < -0.4 is 9.47 Å². The molecule has 0 aliphatic heterocycles. The van der Waals surface area contributed by atoms with Crippen LogP contribution in [0.15, 0.2) is 54.6 Å². The molecule has 0 N–H and O–H groups in total. The van der Waals surface area contributed by atoms with Crippen LogP contribution >= 0.6 is 0 Å². The fraction of sp³-hybridized carbons (Fsp3) is 0.211. The van der Waals surface area contributed by atoms with Crippen molar-refractivity contribution in [1.82, 2.24) is 0 Å². The summed E-state index contributed by atoms with van der Waals surface area (Å²) in [5, 5.41) is 0. The van der Waals surface area contributed by atoms with E-state index in [-0.39, 0.29) is 5.97 Å². The minimum Gasteiger partial charge on any atom is -0.493 e. The standard InChI is InChI=1S/C19H20O4/c1-21-17-10-8-16(14-18(17)22-2)9-11-19(20)23-13-12-15-6-4-3-5-7-15/h3-11,14H,12-13H2,1-2H3/b11-9-. The van der Waals surface area contributed by atoms with Crippen molar-refractivity contribution in [1.29, 1.82) is 0 Å². The van der Waals surface area contributed by atoms with Crippen molar-refractivity contribution in [2.24, 2.45) is 0 Å². The first-order valence-electron chi connectivity index (χ1n) is 7.33. The largest absolute Gasteiger partial charge is 0.493 e. The van der Waals surface area contributed by atoms with E-state index in [1.807, 2.05) is 36.4 Å². The Balaban J connectivity index is 1.86. The molecule has 120 valence electrons. The number of benzene rings is 2. The zero-order valence-corrected chi connectivity index (χ0v) is 13.3. The summed E-state index contributed by atoms with van der Waals surface area (Å²) in [6, 6.07) is 15.3. The highest BCUT2D eigenvalue weighted by Crippen LogP contribution is 2.27. The topological polar surface area (TPSA) is 44.8 Å². The van der Waals surface area contributed by atoms with Crippen molar-refractivity contribution < 1.29 is 19.0 Å². The van der Waals surface area contributed by atoms with Crippen LogP contribution in [0.4, 0.5) is 0 Å². The van der Waals surface area contributed by atoms with Gasteiger partial charge in [0.15, 0.2) is 11.5 Å². The lowest BCUT2D eigenvalue weighted by molar-refractivity contribution is -0.137. The number of hydrogen-bond acceptors (Lipinski definition) is 4. The molecule has 2 aromatic rings.